The predicted molar refractivity (Wildman–Crippen MR) is 70.1 cm³/mol. The molecule has 1 aliphatic rings. The second-order valence-electron chi connectivity index (χ2n) is 4.69. The standard InChI is InChI=1S/C10H19NO6S2/c1-2-3-9(10(12)13)11-19(16,17)8-4-6-18(14,15)7-5-8/h8-9,11H,2-7H2,1H3,(H,12,13)/t9-/m1/s1. The van der Waals surface area contributed by atoms with Crippen LogP contribution in [-0.4, -0.2) is 50.7 Å². The lowest BCUT2D eigenvalue weighted by molar-refractivity contribution is -0.139. The van der Waals surface area contributed by atoms with E-state index in [2.05, 4.69) is 4.72 Å². The molecule has 1 fully saturated rings. The van der Waals surface area contributed by atoms with Crippen LogP contribution < -0.4 is 4.72 Å². The lowest BCUT2D eigenvalue weighted by Gasteiger charge is -2.24. The topological polar surface area (TPSA) is 118 Å². The van der Waals surface area contributed by atoms with Crippen molar-refractivity contribution >= 4 is 25.8 Å². The zero-order valence-corrected chi connectivity index (χ0v) is 12.3. The molecule has 9 heteroatoms. The molecule has 112 valence electrons. The Labute approximate surface area is 113 Å². The van der Waals surface area contributed by atoms with Gasteiger partial charge >= 0.3 is 5.97 Å². The zero-order chi connectivity index (χ0) is 14.7. The summed E-state index contributed by atoms with van der Waals surface area (Å²) >= 11 is 0. The fourth-order valence-electron chi connectivity index (χ4n) is 1.99. The van der Waals surface area contributed by atoms with Crippen molar-refractivity contribution in [3.05, 3.63) is 0 Å². The molecule has 7 nitrogen and oxygen atoms in total. The number of carbonyl (C=O) groups is 1. The first-order valence-corrected chi connectivity index (χ1v) is 9.49. The maximum absolute atomic E-state index is 12.0. The number of carboxylic acids is 1. The molecule has 0 aliphatic carbocycles. The summed E-state index contributed by atoms with van der Waals surface area (Å²) in [6, 6.07) is -1.14. The summed E-state index contributed by atoms with van der Waals surface area (Å²) in [7, 11) is -6.93. The van der Waals surface area contributed by atoms with Gasteiger partial charge in [0.25, 0.3) is 0 Å². The summed E-state index contributed by atoms with van der Waals surface area (Å²) in [4.78, 5) is 10.9. The quantitative estimate of drug-likeness (QED) is 0.697. The molecule has 1 saturated heterocycles. The second kappa shape index (κ2) is 6.19. The van der Waals surface area contributed by atoms with E-state index in [1.165, 1.54) is 0 Å². The monoisotopic (exact) mass is 313 g/mol. The largest absolute Gasteiger partial charge is 0.480 e. The number of rotatable bonds is 6. The number of hydrogen-bond donors (Lipinski definition) is 2. The van der Waals surface area contributed by atoms with Crippen LogP contribution in [0.4, 0.5) is 0 Å². The minimum absolute atomic E-state index is 0.0239. The highest BCUT2D eigenvalue weighted by atomic mass is 32.2. The van der Waals surface area contributed by atoms with E-state index in [1.807, 2.05) is 0 Å². The lowest BCUT2D eigenvalue weighted by atomic mass is 10.2. The van der Waals surface area contributed by atoms with Gasteiger partial charge in [-0.2, -0.15) is 0 Å². The molecule has 19 heavy (non-hydrogen) atoms. The Balaban J connectivity index is 2.73. The number of nitrogens with one attached hydrogen (secondary N) is 1. The van der Waals surface area contributed by atoms with E-state index in [4.69, 9.17) is 5.11 Å². The summed E-state index contributed by atoms with van der Waals surface area (Å²) in [5.41, 5.74) is 0. The minimum Gasteiger partial charge on any atom is -0.480 e. The Morgan fingerprint density at radius 3 is 2.32 bits per heavy atom. The predicted octanol–water partition coefficient (Wildman–Crippen LogP) is -0.264. The Morgan fingerprint density at radius 2 is 1.89 bits per heavy atom. The smallest absolute Gasteiger partial charge is 0.321 e. The maximum atomic E-state index is 12.0. The minimum atomic E-state index is -3.80. The van der Waals surface area contributed by atoms with Gasteiger partial charge in [-0.05, 0) is 19.3 Å². The number of carboxylic acid groups (broad SMARTS) is 1. The first-order chi connectivity index (χ1) is 8.68. The Morgan fingerprint density at radius 1 is 1.37 bits per heavy atom. The number of hydrogen-bond acceptors (Lipinski definition) is 5. The first-order valence-electron chi connectivity index (χ1n) is 6.12. The van der Waals surface area contributed by atoms with E-state index >= 15 is 0 Å². The molecule has 1 rings (SSSR count). The van der Waals surface area contributed by atoms with Crippen LogP contribution in [-0.2, 0) is 24.7 Å². The van der Waals surface area contributed by atoms with Crippen LogP contribution in [0.1, 0.15) is 32.6 Å². The highest BCUT2D eigenvalue weighted by Gasteiger charge is 2.35. The van der Waals surface area contributed by atoms with Gasteiger partial charge in [-0.1, -0.05) is 13.3 Å². The molecule has 0 spiro atoms. The maximum Gasteiger partial charge on any atom is 0.321 e. The summed E-state index contributed by atoms with van der Waals surface area (Å²) in [6.07, 6.45) is 0.796. The van der Waals surface area contributed by atoms with Crippen molar-refractivity contribution in [2.24, 2.45) is 0 Å². The highest BCUT2D eigenvalue weighted by molar-refractivity contribution is 7.92. The van der Waals surface area contributed by atoms with Gasteiger partial charge in [0.15, 0.2) is 0 Å². The van der Waals surface area contributed by atoms with Gasteiger partial charge in [0.1, 0.15) is 15.9 Å². The molecular formula is C10H19NO6S2. The molecular weight excluding hydrogens is 294 g/mol. The molecule has 1 aliphatic heterocycles. The normalized spacial score (nSPS) is 21.9. The molecule has 0 aromatic heterocycles. The van der Waals surface area contributed by atoms with Gasteiger partial charge < -0.3 is 5.11 Å². The van der Waals surface area contributed by atoms with Gasteiger partial charge in [0.2, 0.25) is 10.0 Å². The van der Waals surface area contributed by atoms with Crippen LogP contribution in [0.5, 0.6) is 0 Å². The van der Waals surface area contributed by atoms with E-state index in [-0.39, 0.29) is 30.8 Å². The molecule has 1 atom stereocenters. The first kappa shape index (κ1) is 16.4. The molecule has 0 saturated carbocycles. The second-order valence-corrected chi connectivity index (χ2v) is 8.99. The van der Waals surface area contributed by atoms with E-state index in [1.54, 1.807) is 6.92 Å². The third kappa shape index (κ3) is 4.73. The van der Waals surface area contributed by atoms with Crippen molar-refractivity contribution in [1.29, 1.82) is 0 Å². The van der Waals surface area contributed by atoms with Crippen molar-refractivity contribution in [3.63, 3.8) is 0 Å². The molecule has 1 heterocycles. The summed E-state index contributed by atoms with van der Waals surface area (Å²) in [5.74, 6) is -1.54. The van der Waals surface area contributed by atoms with Crippen molar-refractivity contribution in [3.8, 4) is 0 Å². The summed E-state index contributed by atoms with van der Waals surface area (Å²) in [6.45, 7) is 1.76. The van der Waals surface area contributed by atoms with E-state index in [0.29, 0.717) is 6.42 Å². The van der Waals surface area contributed by atoms with Crippen LogP contribution in [0.15, 0.2) is 0 Å². The van der Waals surface area contributed by atoms with Crippen LogP contribution in [0.3, 0.4) is 0 Å². The van der Waals surface area contributed by atoms with Gasteiger partial charge in [-0.15, -0.1) is 0 Å². The van der Waals surface area contributed by atoms with Gasteiger partial charge in [-0.3, -0.25) is 4.79 Å². The third-order valence-corrected chi connectivity index (χ3v) is 6.80. The van der Waals surface area contributed by atoms with Crippen LogP contribution in [0.25, 0.3) is 0 Å². The van der Waals surface area contributed by atoms with Crippen molar-refractivity contribution in [1.82, 2.24) is 4.72 Å². The van der Waals surface area contributed by atoms with Gasteiger partial charge in [0, 0.05) is 0 Å². The molecule has 0 aromatic rings. The molecule has 0 radical (unpaired) electrons. The number of aliphatic carboxylic acids is 1. The van der Waals surface area contributed by atoms with Crippen LogP contribution in [0.2, 0.25) is 0 Å². The summed E-state index contributed by atoms with van der Waals surface area (Å²) < 4.78 is 48.7. The van der Waals surface area contributed by atoms with Gasteiger partial charge in [0.05, 0.1) is 16.8 Å². The average molecular weight is 313 g/mol. The molecule has 0 unspecified atom stereocenters. The van der Waals surface area contributed by atoms with E-state index in [0.717, 1.165) is 0 Å². The molecule has 0 amide bonds. The van der Waals surface area contributed by atoms with Crippen molar-refractivity contribution in [2.75, 3.05) is 11.5 Å². The lowest BCUT2D eigenvalue weighted by Crippen LogP contribution is -2.47. The Hall–Kier alpha value is -0.670. The van der Waals surface area contributed by atoms with Crippen LogP contribution >= 0.6 is 0 Å². The molecule has 0 bridgehead atoms. The highest BCUT2D eigenvalue weighted by Crippen LogP contribution is 2.19. The fourth-order valence-corrected chi connectivity index (χ4v) is 5.45. The van der Waals surface area contributed by atoms with Gasteiger partial charge in [-0.25, -0.2) is 21.6 Å². The molecule has 0 aromatic carbocycles. The van der Waals surface area contributed by atoms with E-state index < -0.39 is 37.1 Å². The Bertz CT molecular complexity index is 510. The zero-order valence-electron chi connectivity index (χ0n) is 10.7. The fraction of sp³-hybridized carbons (Fsp3) is 0.900. The number of sulfonamides is 1. The Kier molecular flexibility index (Phi) is 5.34. The van der Waals surface area contributed by atoms with Crippen molar-refractivity contribution in [2.45, 2.75) is 43.9 Å². The molecule has 2 N–H and O–H groups in total. The number of sulfone groups is 1. The third-order valence-electron chi connectivity index (χ3n) is 3.12. The summed E-state index contributed by atoms with van der Waals surface area (Å²) in [5, 5.41) is 8.10. The van der Waals surface area contributed by atoms with E-state index in [9.17, 15) is 21.6 Å². The SMILES string of the molecule is CCC[C@@H](NS(=O)(=O)C1CCS(=O)(=O)CC1)C(=O)O. The van der Waals surface area contributed by atoms with Crippen LogP contribution in [0, 0.1) is 0 Å². The average Bonchev–Trinajstić information content (AvgIpc) is 2.27. The van der Waals surface area contributed by atoms with Crippen molar-refractivity contribution < 1.29 is 26.7 Å².